The summed E-state index contributed by atoms with van der Waals surface area (Å²) < 4.78 is 5.36. The molecule has 2 aliphatic rings. The highest BCUT2D eigenvalue weighted by Crippen LogP contribution is 2.23. The van der Waals surface area contributed by atoms with Crippen LogP contribution in [-0.2, 0) is 4.74 Å². The van der Waals surface area contributed by atoms with Gasteiger partial charge in [-0.25, -0.2) is 0 Å². The van der Waals surface area contributed by atoms with Gasteiger partial charge in [0.25, 0.3) is 0 Å². The van der Waals surface area contributed by atoms with Gasteiger partial charge < -0.3 is 15.2 Å². The van der Waals surface area contributed by atoms with Crippen molar-refractivity contribution in [2.75, 3.05) is 19.8 Å². The minimum absolute atomic E-state index is 0.144. The Morgan fingerprint density at radius 2 is 2.25 bits per heavy atom. The van der Waals surface area contributed by atoms with Crippen LogP contribution in [0.15, 0.2) is 0 Å². The van der Waals surface area contributed by atoms with E-state index in [-0.39, 0.29) is 6.10 Å². The molecule has 2 N–H and O–H groups in total. The fourth-order valence-corrected chi connectivity index (χ4v) is 2.21. The summed E-state index contributed by atoms with van der Waals surface area (Å²) in [5.74, 6) is 0.334. The smallest absolute Gasteiger partial charge is 0.0627 e. The second-order valence-electron chi connectivity index (χ2n) is 3.80. The molecule has 0 bridgehead atoms. The van der Waals surface area contributed by atoms with E-state index in [1.807, 2.05) is 0 Å². The number of aliphatic hydroxyl groups excluding tert-OH is 1. The van der Waals surface area contributed by atoms with Gasteiger partial charge in [0.15, 0.2) is 0 Å². The normalized spacial score (nSPS) is 43.2. The first-order valence-electron chi connectivity index (χ1n) is 4.87. The molecule has 3 heteroatoms. The van der Waals surface area contributed by atoms with Gasteiger partial charge >= 0.3 is 0 Å². The SMILES string of the molecule is O[C@@H]1CCOC[C@H]1[C@H]1CCCN1. The van der Waals surface area contributed by atoms with Crippen molar-refractivity contribution < 1.29 is 9.84 Å². The Balaban J connectivity index is 1.91. The maximum absolute atomic E-state index is 9.71. The Morgan fingerprint density at radius 3 is 2.92 bits per heavy atom. The molecule has 2 saturated heterocycles. The van der Waals surface area contributed by atoms with Crippen molar-refractivity contribution in [3.05, 3.63) is 0 Å². The largest absolute Gasteiger partial charge is 0.393 e. The molecule has 0 aromatic heterocycles. The van der Waals surface area contributed by atoms with E-state index in [1.165, 1.54) is 12.8 Å². The molecule has 0 radical (unpaired) electrons. The van der Waals surface area contributed by atoms with Crippen molar-refractivity contribution in [1.82, 2.24) is 5.32 Å². The maximum Gasteiger partial charge on any atom is 0.0627 e. The molecular formula is C9H17NO2. The van der Waals surface area contributed by atoms with Gasteiger partial charge in [-0.05, 0) is 25.8 Å². The van der Waals surface area contributed by atoms with Gasteiger partial charge in [-0.3, -0.25) is 0 Å². The number of aliphatic hydroxyl groups is 1. The third-order valence-corrected chi connectivity index (χ3v) is 2.98. The van der Waals surface area contributed by atoms with Crippen LogP contribution in [-0.4, -0.2) is 37.0 Å². The molecule has 70 valence electrons. The molecule has 2 rings (SSSR count). The lowest BCUT2D eigenvalue weighted by Crippen LogP contribution is -2.44. The summed E-state index contributed by atoms with van der Waals surface area (Å²) in [6, 6.07) is 0.500. The van der Waals surface area contributed by atoms with Crippen LogP contribution >= 0.6 is 0 Å². The van der Waals surface area contributed by atoms with Crippen LogP contribution in [0, 0.1) is 5.92 Å². The van der Waals surface area contributed by atoms with Gasteiger partial charge in [0.1, 0.15) is 0 Å². The summed E-state index contributed by atoms with van der Waals surface area (Å²) >= 11 is 0. The molecule has 0 aromatic rings. The van der Waals surface area contributed by atoms with Crippen LogP contribution in [0.25, 0.3) is 0 Å². The molecular weight excluding hydrogens is 154 g/mol. The lowest BCUT2D eigenvalue weighted by atomic mass is 9.90. The van der Waals surface area contributed by atoms with E-state index in [1.54, 1.807) is 0 Å². The van der Waals surface area contributed by atoms with Crippen LogP contribution in [0.2, 0.25) is 0 Å². The molecule has 0 aromatic carbocycles. The molecule has 3 atom stereocenters. The van der Waals surface area contributed by atoms with Gasteiger partial charge in [-0.2, -0.15) is 0 Å². The topological polar surface area (TPSA) is 41.5 Å². The number of nitrogens with one attached hydrogen (secondary N) is 1. The minimum atomic E-state index is -0.144. The van der Waals surface area contributed by atoms with Crippen molar-refractivity contribution in [2.24, 2.45) is 5.92 Å². The van der Waals surface area contributed by atoms with Crippen molar-refractivity contribution in [2.45, 2.75) is 31.4 Å². The van der Waals surface area contributed by atoms with E-state index in [0.717, 1.165) is 26.2 Å². The van der Waals surface area contributed by atoms with Gasteiger partial charge in [-0.1, -0.05) is 0 Å². The van der Waals surface area contributed by atoms with Crippen molar-refractivity contribution in [3.8, 4) is 0 Å². The molecule has 12 heavy (non-hydrogen) atoms. The van der Waals surface area contributed by atoms with Crippen LogP contribution in [0.5, 0.6) is 0 Å². The molecule has 2 aliphatic heterocycles. The predicted octanol–water partition coefficient (Wildman–Crippen LogP) is 0.136. The first kappa shape index (κ1) is 8.48. The lowest BCUT2D eigenvalue weighted by Gasteiger charge is -2.32. The molecule has 2 heterocycles. The van der Waals surface area contributed by atoms with Gasteiger partial charge in [0, 0.05) is 18.6 Å². The second kappa shape index (κ2) is 3.73. The van der Waals surface area contributed by atoms with Gasteiger partial charge in [0.2, 0.25) is 0 Å². The third-order valence-electron chi connectivity index (χ3n) is 2.98. The first-order chi connectivity index (χ1) is 5.88. The van der Waals surface area contributed by atoms with Crippen LogP contribution < -0.4 is 5.32 Å². The fraction of sp³-hybridized carbons (Fsp3) is 1.00. The standard InChI is InChI=1S/C9H17NO2/c11-9-3-5-12-6-7(9)8-2-1-4-10-8/h7-11H,1-6H2/t7-,8+,9+/m0/s1. The third kappa shape index (κ3) is 1.63. The quantitative estimate of drug-likeness (QED) is 0.589. The Labute approximate surface area is 73.1 Å². The minimum Gasteiger partial charge on any atom is -0.393 e. The zero-order valence-electron chi connectivity index (χ0n) is 7.33. The Hall–Kier alpha value is -0.120. The molecule has 0 spiro atoms. The summed E-state index contributed by atoms with van der Waals surface area (Å²) in [6.07, 6.45) is 3.11. The average Bonchev–Trinajstić information content (AvgIpc) is 2.57. The monoisotopic (exact) mass is 171 g/mol. The van der Waals surface area contributed by atoms with Crippen molar-refractivity contribution in [3.63, 3.8) is 0 Å². The molecule has 0 saturated carbocycles. The van der Waals surface area contributed by atoms with Crippen molar-refractivity contribution >= 4 is 0 Å². The highest BCUT2D eigenvalue weighted by molar-refractivity contribution is 4.87. The molecule has 0 unspecified atom stereocenters. The second-order valence-corrected chi connectivity index (χ2v) is 3.80. The fourth-order valence-electron chi connectivity index (χ4n) is 2.21. The van der Waals surface area contributed by atoms with Gasteiger partial charge in [0.05, 0.1) is 12.7 Å². The summed E-state index contributed by atoms with van der Waals surface area (Å²) in [5.41, 5.74) is 0. The van der Waals surface area contributed by atoms with E-state index in [0.29, 0.717) is 12.0 Å². The molecule has 0 aliphatic carbocycles. The van der Waals surface area contributed by atoms with Crippen LogP contribution in [0.4, 0.5) is 0 Å². The zero-order chi connectivity index (χ0) is 8.39. The summed E-state index contributed by atoms with van der Waals surface area (Å²) in [4.78, 5) is 0. The average molecular weight is 171 g/mol. The van der Waals surface area contributed by atoms with Crippen LogP contribution in [0.3, 0.4) is 0 Å². The van der Waals surface area contributed by atoms with E-state index < -0.39 is 0 Å². The van der Waals surface area contributed by atoms with E-state index in [2.05, 4.69) is 5.32 Å². The molecule has 0 amide bonds. The highest BCUT2D eigenvalue weighted by Gasteiger charge is 2.32. The predicted molar refractivity (Wildman–Crippen MR) is 46.0 cm³/mol. The van der Waals surface area contributed by atoms with Gasteiger partial charge in [-0.15, -0.1) is 0 Å². The van der Waals surface area contributed by atoms with Crippen molar-refractivity contribution in [1.29, 1.82) is 0 Å². The molecule has 2 fully saturated rings. The Bertz CT molecular complexity index is 145. The highest BCUT2D eigenvalue weighted by atomic mass is 16.5. The van der Waals surface area contributed by atoms with E-state index in [9.17, 15) is 5.11 Å². The first-order valence-corrected chi connectivity index (χ1v) is 4.87. The van der Waals surface area contributed by atoms with Crippen LogP contribution in [0.1, 0.15) is 19.3 Å². The number of rotatable bonds is 1. The summed E-state index contributed by atoms with van der Waals surface area (Å²) in [5, 5.41) is 13.1. The summed E-state index contributed by atoms with van der Waals surface area (Å²) in [6.45, 7) is 2.57. The molecule has 3 nitrogen and oxygen atoms in total. The number of hydrogen-bond donors (Lipinski definition) is 2. The number of hydrogen-bond acceptors (Lipinski definition) is 3. The number of ether oxygens (including phenoxy) is 1. The lowest BCUT2D eigenvalue weighted by molar-refractivity contribution is -0.0466. The Kier molecular flexibility index (Phi) is 2.63. The van der Waals surface area contributed by atoms with E-state index in [4.69, 9.17) is 4.74 Å². The summed E-state index contributed by atoms with van der Waals surface area (Å²) in [7, 11) is 0. The maximum atomic E-state index is 9.71. The zero-order valence-corrected chi connectivity index (χ0v) is 7.33. The van der Waals surface area contributed by atoms with E-state index >= 15 is 0 Å². The Morgan fingerprint density at radius 1 is 1.33 bits per heavy atom.